The van der Waals surface area contributed by atoms with Crippen molar-refractivity contribution in [1.29, 1.82) is 0 Å². The van der Waals surface area contributed by atoms with Crippen LogP contribution in [0.15, 0.2) is 42.5 Å². The molecule has 0 unspecified atom stereocenters. The largest absolute Gasteiger partial charge is 0.489 e. The van der Waals surface area contributed by atoms with E-state index in [1.54, 1.807) is 18.2 Å². The first-order valence-electron chi connectivity index (χ1n) is 5.73. The SMILES string of the molecule is Fc1c(Cl)cccc1OCCNc1cccc(Cl)c1. The summed E-state index contributed by atoms with van der Waals surface area (Å²) in [5, 5.41) is 3.84. The lowest BCUT2D eigenvalue weighted by molar-refractivity contribution is 0.315. The highest BCUT2D eigenvalue weighted by Gasteiger charge is 2.06. The summed E-state index contributed by atoms with van der Waals surface area (Å²) >= 11 is 11.5. The lowest BCUT2D eigenvalue weighted by Gasteiger charge is -2.09. The minimum absolute atomic E-state index is 0.0558. The van der Waals surface area contributed by atoms with Crippen LogP contribution in [0.5, 0.6) is 5.75 Å². The van der Waals surface area contributed by atoms with Crippen LogP contribution in [0.3, 0.4) is 0 Å². The van der Waals surface area contributed by atoms with Crippen molar-refractivity contribution in [2.75, 3.05) is 18.5 Å². The Morgan fingerprint density at radius 1 is 1.11 bits per heavy atom. The highest BCUT2D eigenvalue weighted by atomic mass is 35.5. The zero-order valence-electron chi connectivity index (χ0n) is 10.00. The Bertz CT molecular complexity index is 563. The van der Waals surface area contributed by atoms with E-state index in [-0.39, 0.29) is 10.8 Å². The van der Waals surface area contributed by atoms with Gasteiger partial charge in [-0.25, -0.2) is 4.39 Å². The van der Waals surface area contributed by atoms with Crippen LogP contribution in [0.25, 0.3) is 0 Å². The molecule has 19 heavy (non-hydrogen) atoms. The quantitative estimate of drug-likeness (QED) is 0.813. The molecule has 5 heteroatoms. The maximum absolute atomic E-state index is 13.5. The van der Waals surface area contributed by atoms with Crippen LogP contribution in [0.4, 0.5) is 10.1 Å². The second-order valence-electron chi connectivity index (χ2n) is 3.84. The van der Waals surface area contributed by atoms with Gasteiger partial charge in [0.25, 0.3) is 0 Å². The number of anilines is 1. The first-order valence-corrected chi connectivity index (χ1v) is 6.48. The summed E-state index contributed by atoms with van der Waals surface area (Å²) in [6, 6.07) is 12.0. The summed E-state index contributed by atoms with van der Waals surface area (Å²) in [6.07, 6.45) is 0. The highest BCUT2D eigenvalue weighted by molar-refractivity contribution is 6.31. The molecule has 0 radical (unpaired) electrons. The van der Waals surface area contributed by atoms with E-state index in [9.17, 15) is 4.39 Å². The molecule has 0 aliphatic carbocycles. The van der Waals surface area contributed by atoms with Gasteiger partial charge >= 0.3 is 0 Å². The van der Waals surface area contributed by atoms with Crippen LogP contribution in [-0.2, 0) is 0 Å². The monoisotopic (exact) mass is 299 g/mol. The molecule has 0 atom stereocenters. The molecule has 2 rings (SSSR count). The van der Waals surface area contributed by atoms with E-state index in [1.165, 1.54) is 6.07 Å². The van der Waals surface area contributed by atoms with Gasteiger partial charge in [-0.3, -0.25) is 0 Å². The van der Waals surface area contributed by atoms with Gasteiger partial charge in [-0.15, -0.1) is 0 Å². The van der Waals surface area contributed by atoms with Gasteiger partial charge in [0.2, 0.25) is 0 Å². The van der Waals surface area contributed by atoms with Gasteiger partial charge in [-0.1, -0.05) is 35.3 Å². The molecule has 0 aromatic heterocycles. The number of ether oxygens (including phenoxy) is 1. The average molecular weight is 300 g/mol. The molecule has 100 valence electrons. The summed E-state index contributed by atoms with van der Waals surface area (Å²) in [4.78, 5) is 0. The standard InChI is InChI=1S/C14H12Cl2FNO/c15-10-3-1-4-11(9-10)18-7-8-19-13-6-2-5-12(16)14(13)17/h1-6,9,18H,7-8H2. The Morgan fingerprint density at radius 3 is 2.68 bits per heavy atom. The van der Waals surface area contributed by atoms with E-state index in [2.05, 4.69) is 5.32 Å². The van der Waals surface area contributed by atoms with E-state index in [0.29, 0.717) is 18.2 Å². The molecule has 0 fully saturated rings. The Labute approximate surface area is 121 Å². The zero-order chi connectivity index (χ0) is 13.7. The van der Waals surface area contributed by atoms with Crippen LogP contribution >= 0.6 is 23.2 Å². The molecule has 0 aliphatic rings. The number of halogens is 3. The summed E-state index contributed by atoms with van der Waals surface area (Å²) in [5.41, 5.74) is 0.891. The van der Waals surface area contributed by atoms with Gasteiger partial charge in [0.15, 0.2) is 11.6 Å². The minimum atomic E-state index is -0.535. The minimum Gasteiger partial charge on any atom is -0.489 e. The van der Waals surface area contributed by atoms with Crippen molar-refractivity contribution in [3.63, 3.8) is 0 Å². The number of benzene rings is 2. The highest BCUT2D eigenvalue weighted by Crippen LogP contribution is 2.23. The van der Waals surface area contributed by atoms with Crippen LogP contribution in [0.2, 0.25) is 10.0 Å². The van der Waals surface area contributed by atoms with Crippen LogP contribution in [-0.4, -0.2) is 13.2 Å². The number of nitrogens with one attached hydrogen (secondary N) is 1. The van der Waals surface area contributed by atoms with Crippen molar-refractivity contribution >= 4 is 28.9 Å². The average Bonchev–Trinajstić information content (AvgIpc) is 2.39. The van der Waals surface area contributed by atoms with Gasteiger partial charge < -0.3 is 10.1 Å². The first-order chi connectivity index (χ1) is 9.16. The van der Waals surface area contributed by atoms with Crippen molar-refractivity contribution < 1.29 is 9.13 Å². The number of hydrogen-bond acceptors (Lipinski definition) is 2. The molecule has 1 N–H and O–H groups in total. The van der Waals surface area contributed by atoms with Gasteiger partial charge in [0.05, 0.1) is 5.02 Å². The van der Waals surface area contributed by atoms with E-state index in [0.717, 1.165) is 5.69 Å². The van der Waals surface area contributed by atoms with Gasteiger partial charge in [0.1, 0.15) is 6.61 Å². The fraction of sp³-hybridized carbons (Fsp3) is 0.143. The predicted molar refractivity (Wildman–Crippen MR) is 76.8 cm³/mol. The fourth-order valence-corrected chi connectivity index (χ4v) is 1.91. The molecule has 0 saturated heterocycles. The van der Waals surface area contributed by atoms with E-state index in [4.69, 9.17) is 27.9 Å². The summed E-state index contributed by atoms with van der Waals surface area (Å²) < 4.78 is 18.8. The van der Waals surface area contributed by atoms with Crippen LogP contribution in [0.1, 0.15) is 0 Å². The molecule has 0 saturated carbocycles. The molecule has 0 heterocycles. The summed E-state index contributed by atoms with van der Waals surface area (Å²) in [6.45, 7) is 0.857. The maximum Gasteiger partial charge on any atom is 0.183 e. The van der Waals surface area contributed by atoms with Crippen molar-refractivity contribution in [2.24, 2.45) is 0 Å². The van der Waals surface area contributed by atoms with Gasteiger partial charge in [-0.2, -0.15) is 0 Å². The third-order valence-electron chi connectivity index (χ3n) is 2.43. The maximum atomic E-state index is 13.5. The second-order valence-corrected chi connectivity index (χ2v) is 4.68. The van der Waals surface area contributed by atoms with Crippen molar-refractivity contribution in [3.05, 3.63) is 58.3 Å². The molecule has 0 spiro atoms. The predicted octanol–water partition coefficient (Wildman–Crippen LogP) is 4.62. The first kappa shape index (κ1) is 14.0. The summed E-state index contributed by atoms with van der Waals surface area (Å²) in [7, 11) is 0. The smallest absolute Gasteiger partial charge is 0.183 e. The lowest BCUT2D eigenvalue weighted by atomic mass is 10.3. The van der Waals surface area contributed by atoms with Crippen LogP contribution in [0, 0.1) is 5.82 Å². The van der Waals surface area contributed by atoms with E-state index in [1.807, 2.05) is 18.2 Å². The van der Waals surface area contributed by atoms with Gasteiger partial charge in [-0.05, 0) is 30.3 Å². The zero-order valence-corrected chi connectivity index (χ0v) is 11.5. The third kappa shape index (κ3) is 4.01. The lowest BCUT2D eigenvalue weighted by Crippen LogP contribution is -2.12. The van der Waals surface area contributed by atoms with Crippen molar-refractivity contribution in [2.45, 2.75) is 0 Å². The van der Waals surface area contributed by atoms with E-state index >= 15 is 0 Å². The number of rotatable bonds is 5. The molecular formula is C14H12Cl2FNO. The third-order valence-corrected chi connectivity index (χ3v) is 2.96. The molecule has 0 amide bonds. The molecule has 2 aromatic carbocycles. The molecule has 0 bridgehead atoms. The Balaban J connectivity index is 1.82. The normalized spacial score (nSPS) is 10.3. The molecule has 0 aliphatic heterocycles. The summed E-state index contributed by atoms with van der Waals surface area (Å²) in [5.74, 6) is -0.382. The Morgan fingerprint density at radius 2 is 1.89 bits per heavy atom. The second kappa shape index (κ2) is 6.64. The van der Waals surface area contributed by atoms with Crippen LogP contribution < -0.4 is 10.1 Å². The fourth-order valence-electron chi connectivity index (χ4n) is 1.55. The Hall–Kier alpha value is -1.45. The number of hydrogen-bond donors (Lipinski definition) is 1. The molecule has 2 aromatic rings. The Kier molecular flexibility index (Phi) is 4.88. The molecular weight excluding hydrogens is 288 g/mol. The van der Waals surface area contributed by atoms with Crippen molar-refractivity contribution in [1.82, 2.24) is 0 Å². The van der Waals surface area contributed by atoms with E-state index < -0.39 is 5.82 Å². The van der Waals surface area contributed by atoms with Gasteiger partial charge in [0, 0.05) is 17.3 Å². The molecule has 2 nitrogen and oxygen atoms in total. The van der Waals surface area contributed by atoms with Crippen molar-refractivity contribution in [3.8, 4) is 5.75 Å². The topological polar surface area (TPSA) is 21.3 Å².